The Hall–Kier alpha value is -1.67. The number of unbranched alkanes of at least 4 members (excludes halogenated alkanes) is 48. The molecule has 86 heavy (non-hydrogen) atoms. The fourth-order valence-corrected chi connectivity index (χ4v) is 12.2. The number of carbonyl (C=O) groups is 1. The van der Waals surface area contributed by atoms with E-state index >= 15 is 0 Å². The number of nitrogens with one attached hydrogen (secondary N) is 1. The number of carbonyl (C=O) groups excluding carboxylic acids is 1. The van der Waals surface area contributed by atoms with Crippen molar-refractivity contribution in [1.29, 1.82) is 0 Å². The smallest absolute Gasteiger partial charge is 0.249 e. The zero-order chi connectivity index (χ0) is 62.4. The first-order chi connectivity index (χ1) is 42.2. The number of amides is 1. The molecule has 0 radical (unpaired) electrons. The molecular weight excluding hydrogens is 1070 g/mol. The van der Waals surface area contributed by atoms with Crippen LogP contribution in [0, 0.1) is 0 Å². The maximum atomic E-state index is 13.3. The molecule has 11 nitrogen and oxygen atoms in total. The van der Waals surface area contributed by atoms with Crippen LogP contribution in [0.1, 0.15) is 367 Å². The predicted octanol–water partition coefficient (Wildman–Crippen LogP) is 18.5. The number of hydrogen-bond acceptors (Lipinski definition) is 10. The molecule has 1 fully saturated rings. The molecule has 8 N–H and O–H groups in total. The fraction of sp³-hybridized carbons (Fsp3) is 0.907. The van der Waals surface area contributed by atoms with Gasteiger partial charge in [-0.25, -0.2) is 0 Å². The Kier molecular flexibility index (Phi) is 60.8. The highest BCUT2D eigenvalue weighted by Gasteiger charge is 2.44. The summed E-state index contributed by atoms with van der Waals surface area (Å²) in [6.07, 6.45) is 71.1. The largest absolute Gasteiger partial charge is 0.394 e. The van der Waals surface area contributed by atoms with Crippen LogP contribution < -0.4 is 5.32 Å². The monoisotopic (exact) mass is 1220 g/mol. The molecule has 0 aromatic carbocycles. The second-order valence-corrected chi connectivity index (χ2v) is 26.4. The van der Waals surface area contributed by atoms with Crippen molar-refractivity contribution in [3.63, 3.8) is 0 Å². The summed E-state index contributed by atoms with van der Waals surface area (Å²) in [5.74, 6) is -0.705. The van der Waals surface area contributed by atoms with Gasteiger partial charge in [-0.05, 0) is 77.0 Å². The lowest BCUT2D eigenvalue weighted by molar-refractivity contribution is -0.303. The average Bonchev–Trinajstić information content (AvgIpc) is 2.54. The van der Waals surface area contributed by atoms with Crippen LogP contribution in [0.15, 0.2) is 36.5 Å². The van der Waals surface area contributed by atoms with E-state index in [2.05, 4.69) is 55.6 Å². The van der Waals surface area contributed by atoms with E-state index in [4.69, 9.17) is 9.47 Å². The Morgan fingerprint density at radius 2 is 0.698 bits per heavy atom. The van der Waals surface area contributed by atoms with E-state index in [-0.39, 0.29) is 12.8 Å². The molecule has 1 saturated heterocycles. The van der Waals surface area contributed by atoms with Gasteiger partial charge < -0.3 is 50.5 Å². The fourth-order valence-electron chi connectivity index (χ4n) is 12.2. The molecule has 0 spiro atoms. The molecule has 0 saturated carbocycles. The maximum absolute atomic E-state index is 13.3. The maximum Gasteiger partial charge on any atom is 0.249 e. The zero-order valence-corrected chi connectivity index (χ0v) is 56.3. The zero-order valence-electron chi connectivity index (χ0n) is 56.3. The Bertz CT molecular complexity index is 1490. The summed E-state index contributed by atoms with van der Waals surface area (Å²) < 4.78 is 11.2. The van der Waals surface area contributed by atoms with Gasteiger partial charge in [0.15, 0.2) is 6.29 Å². The number of aliphatic hydroxyl groups is 7. The lowest BCUT2D eigenvalue weighted by Gasteiger charge is -2.40. The number of hydrogen-bond donors (Lipinski definition) is 8. The van der Waals surface area contributed by atoms with Crippen LogP contribution in [0.25, 0.3) is 0 Å². The molecular formula is C75H143NO10. The Morgan fingerprint density at radius 3 is 1.03 bits per heavy atom. The van der Waals surface area contributed by atoms with Crippen molar-refractivity contribution in [2.75, 3.05) is 13.2 Å². The first kappa shape index (κ1) is 82.3. The summed E-state index contributed by atoms with van der Waals surface area (Å²) in [5.41, 5.74) is 0. The van der Waals surface area contributed by atoms with E-state index in [1.54, 1.807) is 0 Å². The summed E-state index contributed by atoms with van der Waals surface area (Å²) in [6.45, 7) is 3.50. The van der Waals surface area contributed by atoms with Gasteiger partial charge >= 0.3 is 0 Å². The van der Waals surface area contributed by atoms with Crippen LogP contribution in [0.3, 0.4) is 0 Å². The van der Waals surface area contributed by atoms with E-state index in [9.17, 15) is 40.5 Å². The molecule has 11 heteroatoms. The van der Waals surface area contributed by atoms with Gasteiger partial charge in [0.05, 0.1) is 25.4 Å². The minimum Gasteiger partial charge on any atom is -0.394 e. The molecule has 1 aliphatic heterocycles. The normalized spacial score (nSPS) is 18.9. The minimum atomic E-state index is -1.67. The van der Waals surface area contributed by atoms with Gasteiger partial charge in [-0.3, -0.25) is 4.79 Å². The third kappa shape index (κ3) is 50.0. The Morgan fingerprint density at radius 1 is 0.395 bits per heavy atom. The SMILES string of the molecule is CCCCCCCCCCCCCC/C=C\CCCCCCCCCCCCCCC(O)C(=O)NC(COC1OC(CO)C(O)C(O)C1O)C(O)C(O)CCC/C=C/CC/C=C/CCCCCCCCCCCCCCCCCCCCCCCC. The van der Waals surface area contributed by atoms with E-state index in [1.807, 2.05) is 0 Å². The number of aliphatic hydroxyl groups excluding tert-OH is 7. The van der Waals surface area contributed by atoms with Crippen molar-refractivity contribution < 1.29 is 50.0 Å². The first-order valence-corrected chi connectivity index (χ1v) is 37.4. The molecule has 0 aliphatic carbocycles. The topological polar surface area (TPSA) is 189 Å². The molecule has 0 bridgehead atoms. The second kappa shape index (κ2) is 63.5. The van der Waals surface area contributed by atoms with Gasteiger partial charge in [0, 0.05) is 0 Å². The van der Waals surface area contributed by atoms with Gasteiger partial charge in [0.2, 0.25) is 5.91 Å². The molecule has 0 aromatic rings. The van der Waals surface area contributed by atoms with Gasteiger partial charge in [-0.2, -0.15) is 0 Å². The summed E-state index contributed by atoms with van der Waals surface area (Å²) in [6, 6.07) is -1.19. The third-order valence-electron chi connectivity index (χ3n) is 18.1. The van der Waals surface area contributed by atoms with Gasteiger partial charge in [-0.1, -0.05) is 326 Å². The average molecular weight is 1220 g/mol. The van der Waals surface area contributed by atoms with Crippen molar-refractivity contribution in [2.45, 2.75) is 422 Å². The molecule has 1 amide bonds. The molecule has 9 unspecified atom stereocenters. The second-order valence-electron chi connectivity index (χ2n) is 26.4. The van der Waals surface area contributed by atoms with Gasteiger partial charge in [-0.15, -0.1) is 0 Å². The van der Waals surface area contributed by atoms with Crippen LogP contribution in [0.4, 0.5) is 0 Å². The predicted molar refractivity (Wildman–Crippen MR) is 362 cm³/mol. The van der Waals surface area contributed by atoms with E-state index in [1.165, 1.54) is 283 Å². The standard InChI is InChI=1S/C75H143NO10/c1-3-5-7-9-11-13-15-17-19-21-23-25-27-29-31-33-34-35-37-38-40-42-44-46-48-50-52-54-56-58-60-62-67(78)70(80)66(65-85-75-73(83)72(82)71(81)69(64-77)86-75)76-74(84)68(79)63-61-59-57-55-53-51-49-47-45-43-41-39-36-32-30-28-26-24-22-20-18-16-14-12-10-8-6-4-2/h30,32,46,48,54,56,66-73,75,77-83H,3-29,31,33-45,47,49-53,55,57-65H2,1-2H3,(H,76,84)/b32-30-,48-46+,56-54+. The van der Waals surface area contributed by atoms with E-state index in [0.717, 1.165) is 38.5 Å². The number of ether oxygens (including phenoxy) is 2. The molecule has 1 aliphatic rings. The van der Waals surface area contributed by atoms with Crippen molar-refractivity contribution in [1.82, 2.24) is 5.32 Å². The number of rotatable bonds is 66. The van der Waals surface area contributed by atoms with Crippen molar-refractivity contribution in [3.05, 3.63) is 36.5 Å². The van der Waals surface area contributed by atoms with Crippen molar-refractivity contribution in [2.24, 2.45) is 0 Å². The highest BCUT2D eigenvalue weighted by Crippen LogP contribution is 2.24. The molecule has 1 rings (SSSR count). The minimum absolute atomic E-state index is 0.248. The highest BCUT2D eigenvalue weighted by atomic mass is 16.7. The first-order valence-electron chi connectivity index (χ1n) is 37.4. The third-order valence-corrected chi connectivity index (χ3v) is 18.1. The molecule has 508 valence electrons. The Balaban J connectivity index is 2.20. The molecule has 0 aromatic heterocycles. The Labute approximate surface area is 530 Å². The number of allylic oxidation sites excluding steroid dienone is 6. The van der Waals surface area contributed by atoms with Gasteiger partial charge in [0.25, 0.3) is 0 Å². The van der Waals surface area contributed by atoms with Crippen LogP contribution in [0.5, 0.6) is 0 Å². The molecule has 1 heterocycles. The highest BCUT2D eigenvalue weighted by molar-refractivity contribution is 5.80. The van der Waals surface area contributed by atoms with Crippen LogP contribution >= 0.6 is 0 Å². The summed E-state index contributed by atoms with van der Waals surface area (Å²) in [7, 11) is 0. The molecule has 9 atom stereocenters. The van der Waals surface area contributed by atoms with Gasteiger partial charge in [0.1, 0.15) is 36.6 Å². The lowest BCUT2D eigenvalue weighted by atomic mass is 9.98. The quantitative estimate of drug-likeness (QED) is 0.0215. The van der Waals surface area contributed by atoms with Crippen LogP contribution in [0.2, 0.25) is 0 Å². The van der Waals surface area contributed by atoms with Crippen molar-refractivity contribution >= 4 is 5.91 Å². The summed E-state index contributed by atoms with van der Waals surface area (Å²) in [5, 5.41) is 76.6. The summed E-state index contributed by atoms with van der Waals surface area (Å²) in [4.78, 5) is 13.3. The summed E-state index contributed by atoms with van der Waals surface area (Å²) >= 11 is 0. The lowest BCUT2D eigenvalue weighted by Crippen LogP contribution is -2.60. The van der Waals surface area contributed by atoms with E-state index in [0.29, 0.717) is 19.3 Å². The van der Waals surface area contributed by atoms with E-state index < -0.39 is 74.2 Å². The van der Waals surface area contributed by atoms with Crippen LogP contribution in [-0.4, -0.2) is 110 Å². The van der Waals surface area contributed by atoms with Crippen LogP contribution in [-0.2, 0) is 14.3 Å². The van der Waals surface area contributed by atoms with Crippen molar-refractivity contribution in [3.8, 4) is 0 Å².